The zero-order valence-electron chi connectivity index (χ0n) is 12.2. The summed E-state index contributed by atoms with van der Waals surface area (Å²) in [5.41, 5.74) is 2.34. The molecule has 2 aromatic rings. The maximum atomic E-state index is 5.94. The van der Waals surface area contributed by atoms with Gasteiger partial charge in [0.2, 0.25) is 0 Å². The van der Waals surface area contributed by atoms with Gasteiger partial charge in [-0.2, -0.15) is 0 Å². The standard InChI is InChI=1S/C15H19BrN4O/c1-3-17-13(14-15(16)18-19-20(14)2)11-8-10-6-4-5-7-12(10)21-9-11/h4-7,11,13,17H,3,8-9H2,1-2H3. The highest BCUT2D eigenvalue weighted by molar-refractivity contribution is 9.10. The van der Waals surface area contributed by atoms with Crippen LogP contribution in [0.4, 0.5) is 0 Å². The second-order valence-electron chi connectivity index (χ2n) is 5.31. The Morgan fingerprint density at radius 1 is 1.48 bits per heavy atom. The number of hydrogen-bond donors (Lipinski definition) is 1. The molecular formula is C15H19BrN4O. The number of nitrogens with one attached hydrogen (secondary N) is 1. The van der Waals surface area contributed by atoms with Crippen LogP contribution in [0.2, 0.25) is 0 Å². The third-order valence-corrected chi connectivity index (χ3v) is 4.49. The van der Waals surface area contributed by atoms with Gasteiger partial charge in [-0.1, -0.05) is 30.3 Å². The lowest BCUT2D eigenvalue weighted by Gasteiger charge is -2.32. The Kier molecular flexibility index (Phi) is 4.26. The number of fused-ring (bicyclic) bond motifs is 1. The zero-order valence-corrected chi connectivity index (χ0v) is 13.8. The van der Waals surface area contributed by atoms with Crippen molar-refractivity contribution < 1.29 is 4.74 Å². The maximum Gasteiger partial charge on any atom is 0.153 e. The number of aromatic nitrogens is 3. The largest absolute Gasteiger partial charge is 0.493 e. The van der Waals surface area contributed by atoms with Gasteiger partial charge in [0.15, 0.2) is 4.60 Å². The summed E-state index contributed by atoms with van der Waals surface area (Å²) in [6.45, 7) is 3.70. The maximum absolute atomic E-state index is 5.94. The summed E-state index contributed by atoms with van der Waals surface area (Å²) in [6, 6.07) is 8.42. The number of para-hydroxylation sites is 1. The molecule has 1 aromatic heterocycles. The minimum Gasteiger partial charge on any atom is -0.493 e. The fraction of sp³-hybridized carbons (Fsp3) is 0.467. The molecular weight excluding hydrogens is 332 g/mol. The molecule has 1 N–H and O–H groups in total. The van der Waals surface area contributed by atoms with Gasteiger partial charge in [-0.05, 0) is 40.5 Å². The molecule has 3 rings (SSSR count). The summed E-state index contributed by atoms with van der Waals surface area (Å²) in [4.78, 5) is 0. The smallest absolute Gasteiger partial charge is 0.153 e. The predicted molar refractivity (Wildman–Crippen MR) is 84.3 cm³/mol. The van der Waals surface area contributed by atoms with E-state index in [0.717, 1.165) is 29.0 Å². The van der Waals surface area contributed by atoms with Gasteiger partial charge in [0.05, 0.1) is 18.3 Å². The molecule has 21 heavy (non-hydrogen) atoms. The topological polar surface area (TPSA) is 52.0 Å². The first-order chi connectivity index (χ1) is 10.2. The van der Waals surface area contributed by atoms with Gasteiger partial charge >= 0.3 is 0 Å². The Labute approximate surface area is 132 Å². The molecule has 0 bridgehead atoms. The number of hydrogen-bond acceptors (Lipinski definition) is 4. The monoisotopic (exact) mass is 350 g/mol. The average Bonchev–Trinajstić information content (AvgIpc) is 2.84. The van der Waals surface area contributed by atoms with Gasteiger partial charge < -0.3 is 10.1 Å². The van der Waals surface area contributed by atoms with Crippen molar-refractivity contribution in [3.63, 3.8) is 0 Å². The molecule has 0 saturated heterocycles. The Balaban J connectivity index is 1.89. The van der Waals surface area contributed by atoms with Crippen molar-refractivity contribution in [1.82, 2.24) is 20.3 Å². The molecule has 0 spiro atoms. The highest BCUT2D eigenvalue weighted by atomic mass is 79.9. The van der Waals surface area contributed by atoms with Crippen LogP contribution in [0.5, 0.6) is 5.75 Å². The van der Waals surface area contributed by atoms with Crippen LogP contribution in [0.25, 0.3) is 0 Å². The third-order valence-electron chi connectivity index (χ3n) is 3.92. The second-order valence-corrected chi connectivity index (χ2v) is 6.06. The van der Waals surface area contributed by atoms with Crippen molar-refractivity contribution in [2.24, 2.45) is 13.0 Å². The minimum absolute atomic E-state index is 0.165. The van der Waals surface area contributed by atoms with Crippen molar-refractivity contribution in [2.75, 3.05) is 13.2 Å². The predicted octanol–water partition coefficient (Wildman–Crippen LogP) is 2.48. The van der Waals surface area contributed by atoms with Crippen LogP contribution in [0.3, 0.4) is 0 Å². The van der Waals surface area contributed by atoms with Crippen LogP contribution < -0.4 is 10.1 Å². The number of rotatable bonds is 4. The van der Waals surface area contributed by atoms with E-state index in [1.54, 1.807) is 0 Å². The molecule has 6 heteroatoms. The Morgan fingerprint density at radius 3 is 3.00 bits per heavy atom. The SMILES string of the molecule is CCNC(c1c(Br)nnn1C)C1COc2ccccc2C1. The quantitative estimate of drug-likeness (QED) is 0.920. The second kappa shape index (κ2) is 6.15. The van der Waals surface area contributed by atoms with Crippen LogP contribution >= 0.6 is 15.9 Å². The fourth-order valence-electron chi connectivity index (χ4n) is 2.94. The van der Waals surface area contributed by atoms with Crippen molar-refractivity contribution >= 4 is 15.9 Å². The van der Waals surface area contributed by atoms with Crippen molar-refractivity contribution in [3.05, 3.63) is 40.1 Å². The molecule has 0 radical (unpaired) electrons. The highest BCUT2D eigenvalue weighted by Gasteiger charge is 2.31. The van der Waals surface area contributed by atoms with E-state index >= 15 is 0 Å². The van der Waals surface area contributed by atoms with E-state index in [0.29, 0.717) is 12.5 Å². The molecule has 0 aliphatic carbocycles. The normalized spacial score (nSPS) is 18.9. The molecule has 1 aromatic carbocycles. The van der Waals surface area contributed by atoms with Crippen molar-refractivity contribution in [2.45, 2.75) is 19.4 Å². The first-order valence-corrected chi connectivity index (χ1v) is 7.99. The molecule has 2 heterocycles. The van der Waals surface area contributed by atoms with E-state index in [1.807, 2.05) is 23.9 Å². The number of benzene rings is 1. The minimum atomic E-state index is 0.165. The zero-order chi connectivity index (χ0) is 14.8. The number of nitrogens with zero attached hydrogens (tertiary/aromatic N) is 3. The van der Waals surface area contributed by atoms with E-state index in [9.17, 15) is 0 Å². The van der Waals surface area contributed by atoms with Gasteiger partial charge in [-0.15, -0.1) is 5.10 Å². The summed E-state index contributed by atoms with van der Waals surface area (Å²) in [5, 5.41) is 11.8. The number of aryl methyl sites for hydroxylation is 1. The first-order valence-electron chi connectivity index (χ1n) is 7.19. The van der Waals surface area contributed by atoms with E-state index in [4.69, 9.17) is 4.74 Å². The number of halogens is 1. The Morgan fingerprint density at radius 2 is 2.29 bits per heavy atom. The lowest BCUT2D eigenvalue weighted by atomic mass is 9.88. The van der Waals surface area contributed by atoms with E-state index in [-0.39, 0.29) is 6.04 Å². The van der Waals surface area contributed by atoms with Crippen molar-refractivity contribution in [1.29, 1.82) is 0 Å². The highest BCUT2D eigenvalue weighted by Crippen LogP contribution is 2.35. The molecule has 5 nitrogen and oxygen atoms in total. The van der Waals surface area contributed by atoms with Crippen LogP contribution in [0.15, 0.2) is 28.9 Å². The lowest BCUT2D eigenvalue weighted by molar-refractivity contribution is 0.181. The summed E-state index contributed by atoms with van der Waals surface area (Å²) in [6.07, 6.45) is 0.992. The molecule has 1 aliphatic heterocycles. The van der Waals surface area contributed by atoms with Crippen LogP contribution in [-0.4, -0.2) is 28.1 Å². The Hall–Kier alpha value is -1.40. The molecule has 112 valence electrons. The molecule has 2 atom stereocenters. The first kappa shape index (κ1) is 14.5. The van der Waals surface area contributed by atoms with E-state index in [2.05, 4.69) is 50.6 Å². The lowest BCUT2D eigenvalue weighted by Crippen LogP contribution is -2.36. The Bertz CT molecular complexity index is 608. The molecule has 0 amide bonds. The van der Waals surface area contributed by atoms with Crippen LogP contribution in [-0.2, 0) is 13.5 Å². The van der Waals surface area contributed by atoms with Gasteiger partial charge in [-0.3, -0.25) is 0 Å². The van der Waals surface area contributed by atoms with Gasteiger partial charge in [0, 0.05) is 13.0 Å². The van der Waals surface area contributed by atoms with Gasteiger partial charge in [0.1, 0.15) is 5.75 Å². The molecule has 0 fully saturated rings. The van der Waals surface area contributed by atoms with Crippen LogP contribution in [0, 0.1) is 5.92 Å². The third kappa shape index (κ3) is 2.82. The summed E-state index contributed by atoms with van der Waals surface area (Å²) in [5.74, 6) is 1.36. The molecule has 0 saturated carbocycles. The number of ether oxygens (including phenoxy) is 1. The fourth-order valence-corrected chi connectivity index (χ4v) is 3.52. The molecule has 1 aliphatic rings. The summed E-state index contributed by atoms with van der Waals surface area (Å²) >= 11 is 3.51. The van der Waals surface area contributed by atoms with E-state index in [1.165, 1.54) is 5.56 Å². The summed E-state index contributed by atoms with van der Waals surface area (Å²) in [7, 11) is 1.93. The van der Waals surface area contributed by atoms with Gasteiger partial charge in [0.25, 0.3) is 0 Å². The molecule has 2 unspecified atom stereocenters. The summed E-state index contributed by atoms with van der Waals surface area (Å²) < 4.78 is 8.57. The van der Waals surface area contributed by atoms with Crippen LogP contribution in [0.1, 0.15) is 24.2 Å². The van der Waals surface area contributed by atoms with E-state index < -0.39 is 0 Å². The van der Waals surface area contributed by atoms with Gasteiger partial charge in [-0.25, -0.2) is 4.68 Å². The average molecular weight is 351 g/mol. The van der Waals surface area contributed by atoms with Crippen molar-refractivity contribution in [3.8, 4) is 5.75 Å².